The van der Waals surface area contributed by atoms with Gasteiger partial charge in [0.25, 0.3) is 0 Å². The third-order valence-electron chi connectivity index (χ3n) is 3.39. The van der Waals surface area contributed by atoms with Crippen molar-refractivity contribution in [3.8, 4) is 0 Å². The molecule has 1 saturated heterocycles. The van der Waals surface area contributed by atoms with E-state index in [1.54, 1.807) is 10.3 Å². The zero-order valence-electron chi connectivity index (χ0n) is 12.0. The van der Waals surface area contributed by atoms with Gasteiger partial charge in [-0.15, -0.1) is 11.3 Å². The highest BCUT2D eigenvalue weighted by Crippen LogP contribution is 2.26. The number of rotatable bonds is 4. The van der Waals surface area contributed by atoms with Gasteiger partial charge in [0.1, 0.15) is 5.82 Å². The van der Waals surface area contributed by atoms with E-state index >= 15 is 0 Å². The van der Waals surface area contributed by atoms with Crippen molar-refractivity contribution in [1.29, 1.82) is 0 Å². The molecule has 23 heavy (non-hydrogen) atoms. The van der Waals surface area contributed by atoms with Gasteiger partial charge in [0.2, 0.25) is 11.8 Å². The highest BCUT2D eigenvalue weighted by molar-refractivity contribution is 7.14. The van der Waals surface area contributed by atoms with Crippen LogP contribution in [0.1, 0.15) is 18.5 Å². The van der Waals surface area contributed by atoms with E-state index in [4.69, 9.17) is 11.6 Å². The van der Waals surface area contributed by atoms with Crippen molar-refractivity contribution in [2.45, 2.75) is 19.3 Å². The SMILES string of the molecule is O=C(Cc1csc(N2CCCC2=O)n1)Nc1cc(Cl)ccc1F. The van der Waals surface area contributed by atoms with E-state index in [1.165, 1.54) is 29.5 Å². The van der Waals surface area contributed by atoms with Crippen LogP contribution in [-0.2, 0) is 16.0 Å². The molecule has 120 valence electrons. The predicted molar refractivity (Wildman–Crippen MR) is 87.4 cm³/mol. The lowest BCUT2D eigenvalue weighted by molar-refractivity contribution is -0.117. The molecule has 5 nitrogen and oxygen atoms in total. The monoisotopic (exact) mass is 353 g/mol. The first kappa shape index (κ1) is 15.9. The summed E-state index contributed by atoms with van der Waals surface area (Å²) in [5.41, 5.74) is 0.581. The van der Waals surface area contributed by atoms with E-state index in [1.807, 2.05) is 0 Å². The fourth-order valence-electron chi connectivity index (χ4n) is 2.30. The fourth-order valence-corrected chi connectivity index (χ4v) is 3.34. The number of carbonyl (C=O) groups is 2. The molecule has 1 fully saturated rings. The number of aromatic nitrogens is 1. The Morgan fingerprint density at radius 3 is 3.04 bits per heavy atom. The van der Waals surface area contributed by atoms with Crippen LogP contribution in [0.3, 0.4) is 0 Å². The van der Waals surface area contributed by atoms with E-state index in [9.17, 15) is 14.0 Å². The lowest BCUT2D eigenvalue weighted by Crippen LogP contribution is -2.23. The quantitative estimate of drug-likeness (QED) is 0.917. The van der Waals surface area contributed by atoms with Crippen LogP contribution in [-0.4, -0.2) is 23.3 Å². The minimum Gasteiger partial charge on any atom is -0.323 e. The summed E-state index contributed by atoms with van der Waals surface area (Å²) >= 11 is 7.11. The molecule has 0 unspecified atom stereocenters. The average Bonchev–Trinajstić information content (AvgIpc) is 3.11. The summed E-state index contributed by atoms with van der Waals surface area (Å²) in [6, 6.07) is 3.95. The second-order valence-corrected chi connectivity index (χ2v) is 6.39. The fraction of sp³-hybridized carbons (Fsp3) is 0.267. The Morgan fingerprint density at radius 1 is 1.48 bits per heavy atom. The first-order valence-corrected chi connectivity index (χ1v) is 8.28. The standard InChI is InChI=1S/C15H13ClFN3O2S/c16-9-3-4-11(17)12(6-9)19-13(21)7-10-8-23-15(18-10)20-5-1-2-14(20)22/h3-4,6,8H,1-2,5,7H2,(H,19,21). The average molecular weight is 354 g/mol. The van der Waals surface area contributed by atoms with E-state index in [0.717, 1.165) is 6.42 Å². The normalized spacial score (nSPS) is 14.3. The molecule has 0 bridgehead atoms. The minimum atomic E-state index is -0.551. The molecule has 0 aliphatic carbocycles. The van der Waals surface area contributed by atoms with Gasteiger partial charge in [-0.2, -0.15) is 0 Å². The summed E-state index contributed by atoms with van der Waals surface area (Å²) < 4.78 is 13.6. The molecule has 0 spiro atoms. The zero-order valence-corrected chi connectivity index (χ0v) is 13.6. The molecule has 3 rings (SSSR count). The van der Waals surface area contributed by atoms with Crippen molar-refractivity contribution in [1.82, 2.24) is 4.98 Å². The maximum atomic E-state index is 13.6. The van der Waals surface area contributed by atoms with Crippen molar-refractivity contribution in [3.05, 3.63) is 40.1 Å². The van der Waals surface area contributed by atoms with Gasteiger partial charge in [-0.3, -0.25) is 14.5 Å². The topological polar surface area (TPSA) is 62.3 Å². The Balaban J connectivity index is 1.65. The summed E-state index contributed by atoms with van der Waals surface area (Å²) in [6.07, 6.45) is 1.36. The summed E-state index contributed by atoms with van der Waals surface area (Å²) in [7, 11) is 0. The maximum absolute atomic E-state index is 13.6. The third kappa shape index (κ3) is 3.68. The van der Waals surface area contributed by atoms with Gasteiger partial charge in [-0.25, -0.2) is 9.37 Å². The highest BCUT2D eigenvalue weighted by atomic mass is 35.5. The lowest BCUT2D eigenvalue weighted by Gasteiger charge is -2.10. The van der Waals surface area contributed by atoms with E-state index in [0.29, 0.717) is 28.8 Å². The van der Waals surface area contributed by atoms with Crippen LogP contribution in [0.2, 0.25) is 5.02 Å². The van der Waals surface area contributed by atoms with Gasteiger partial charge < -0.3 is 5.32 Å². The molecule has 0 saturated carbocycles. The van der Waals surface area contributed by atoms with Gasteiger partial charge in [0, 0.05) is 23.4 Å². The molecular formula is C15H13ClFN3O2S. The number of anilines is 2. The van der Waals surface area contributed by atoms with Crippen molar-refractivity contribution in [3.63, 3.8) is 0 Å². The van der Waals surface area contributed by atoms with Crippen LogP contribution in [0.4, 0.5) is 15.2 Å². The number of hydrogen-bond donors (Lipinski definition) is 1. The number of nitrogens with zero attached hydrogens (tertiary/aromatic N) is 2. The van der Waals surface area contributed by atoms with Crippen LogP contribution >= 0.6 is 22.9 Å². The molecule has 1 aromatic heterocycles. The number of thiazole rings is 1. The molecule has 1 aromatic carbocycles. The number of halogens is 2. The summed E-state index contributed by atoms with van der Waals surface area (Å²) in [6.45, 7) is 0.658. The van der Waals surface area contributed by atoms with Crippen molar-refractivity contribution < 1.29 is 14.0 Å². The number of benzene rings is 1. The smallest absolute Gasteiger partial charge is 0.230 e. The summed E-state index contributed by atoms with van der Waals surface area (Å²) in [4.78, 5) is 29.6. The number of carbonyl (C=O) groups excluding carboxylic acids is 2. The van der Waals surface area contributed by atoms with Crippen molar-refractivity contribution in [2.75, 3.05) is 16.8 Å². The van der Waals surface area contributed by atoms with Crippen molar-refractivity contribution >= 4 is 45.6 Å². The molecule has 2 heterocycles. The van der Waals surface area contributed by atoms with Gasteiger partial charge in [-0.1, -0.05) is 11.6 Å². The molecule has 2 amide bonds. The molecule has 2 aromatic rings. The molecule has 8 heteroatoms. The van der Waals surface area contributed by atoms with Crippen LogP contribution in [0.5, 0.6) is 0 Å². The first-order valence-electron chi connectivity index (χ1n) is 7.02. The number of amides is 2. The Bertz CT molecular complexity index is 765. The Kier molecular flexibility index (Phi) is 4.58. The Morgan fingerprint density at radius 2 is 2.30 bits per heavy atom. The summed E-state index contributed by atoms with van der Waals surface area (Å²) in [5, 5.41) is 5.14. The third-order valence-corrected chi connectivity index (χ3v) is 4.54. The van der Waals surface area contributed by atoms with E-state index < -0.39 is 11.7 Å². The number of hydrogen-bond acceptors (Lipinski definition) is 4. The van der Waals surface area contributed by atoms with Crippen LogP contribution in [0, 0.1) is 5.82 Å². The Labute approximate surface area is 141 Å². The van der Waals surface area contributed by atoms with E-state index in [2.05, 4.69) is 10.3 Å². The molecule has 1 N–H and O–H groups in total. The molecule has 0 atom stereocenters. The minimum absolute atomic E-state index is 0.00445. The van der Waals surface area contributed by atoms with Gasteiger partial charge in [0.05, 0.1) is 17.8 Å². The van der Waals surface area contributed by atoms with Crippen molar-refractivity contribution in [2.24, 2.45) is 0 Å². The highest BCUT2D eigenvalue weighted by Gasteiger charge is 2.24. The Hall–Kier alpha value is -1.99. The maximum Gasteiger partial charge on any atom is 0.230 e. The van der Waals surface area contributed by atoms with Crippen LogP contribution < -0.4 is 10.2 Å². The van der Waals surface area contributed by atoms with Gasteiger partial charge >= 0.3 is 0 Å². The van der Waals surface area contributed by atoms with Gasteiger partial charge in [0.15, 0.2) is 5.13 Å². The zero-order chi connectivity index (χ0) is 16.4. The lowest BCUT2D eigenvalue weighted by atomic mass is 10.2. The second kappa shape index (κ2) is 6.64. The van der Waals surface area contributed by atoms with Crippen LogP contribution in [0.25, 0.3) is 0 Å². The molecule has 1 aliphatic rings. The van der Waals surface area contributed by atoms with Crippen LogP contribution in [0.15, 0.2) is 23.6 Å². The predicted octanol–water partition coefficient (Wildman–Crippen LogP) is 3.24. The molecule has 1 aliphatic heterocycles. The first-order chi connectivity index (χ1) is 11.0. The van der Waals surface area contributed by atoms with Gasteiger partial charge in [-0.05, 0) is 24.6 Å². The molecule has 0 radical (unpaired) electrons. The number of nitrogens with one attached hydrogen (secondary N) is 1. The summed E-state index contributed by atoms with van der Waals surface area (Å²) in [5.74, 6) is -0.892. The molecular weight excluding hydrogens is 341 g/mol. The second-order valence-electron chi connectivity index (χ2n) is 5.12. The van der Waals surface area contributed by atoms with E-state index in [-0.39, 0.29) is 18.0 Å². The largest absolute Gasteiger partial charge is 0.323 e.